The van der Waals surface area contributed by atoms with Crippen LogP contribution in [-0.4, -0.2) is 55.6 Å². The molecule has 2 amide bonds. The molecule has 1 heterocycles. The van der Waals surface area contributed by atoms with E-state index in [0.29, 0.717) is 30.8 Å². The summed E-state index contributed by atoms with van der Waals surface area (Å²) >= 11 is 0. The molecule has 3 rings (SSSR count). The lowest BCUT2D eigenvalue weighted by Crippen LogP contribution is -2.50. The first-order chi connectivity index (χ1) is 13.4. The van der Waals surface area contributed by atoms with E-state index in [0.717, 1.165) is 0 Å². The first-order valence-electron chi connectivity index (χ1n) is 9.16. The van der Waals surface area contributed by atoms with Crippen molar-refractivity contribution in [3.05, 3.63) is 60.2 Å². The third kappa shape index (κ3) is 4.40. The van der Waals surface area contributed by atoms with Gasteiger partial charge in [0.1, 0.15) is 0 Å². The number of sulfonamides is 1. The molecule has 1 aliphatic rings. The van der Waals surface area contributed by atoms with Gasteiger partial charge in [-0.3, -0.25) is 9.59 Å². The fourth-order valence-electron chi connectivity index (χ4n) is 3.04. The van der Waals surface area contributed by atoms with Gasteiger partial charge < -0.3 is 10.2 Å². The highest BCUT2D eigenvalue weighted by Crippen LogP contribution is 2.19. The number of hydrogen-bond donors (Lipinski definition) is 1. The maximum atomic E-state index is 12.8. The molecule has 0 unspecified atom stereocenters. The van der Waals surface area contributed by atoms with Crippen LogP contribution in [0.5, 0.6) is 0 Å². The van der Waals surface area contributed by atoms with Crippen molar-refractivity contribution in [2.45, 2.75) is 18.2 Å². The maximum Gasteiger partial charge on any atom is 0.254 e. The van der Waals surface area contributed by atoms with Crippen LogP contribution >= 0.6 is 0 Å². The SMILES string of the molecule is CCC(=O)Nc1cccc(C(=O)N2CCN(S(=O)(=O)c3ccccc3)CC2)c1. The molecule has 0 atom stereocenters. The minimum absolute atomic E-state index is 0.121. The molecule has 0 aromatic heterocycles. The average Bonchev–Trinajstić information content (AvgIpc) is 2.74. The van der Waals surface area contributed by atoms with Crippen molar-refractivity contribution in [2.24, 2.45) is 0 Å². The number of amides is 2. The standard InChI is InChI=1S/C20H23N3O4S/c1-2-19(24)21-17-8-6-7-16(15-17)20(25)22-11-13-23(14-12-22)28(26,27)18-9-4-3-5-10-18/h3-10,15H,2,11-14H2,1H3,(H,21,24). The van der Waals surface area contributed by atoms with Crippen LogP contribution in [0, 0.1) is 0 Å². The highest BCUT2D eigenvalue weighted by Gasteiger charge is 2.30. The highest BCUT2D eigenvalue weighted by molar-refractivity contribution is 7.89. The van der Waals surface area contributed by atoms with Gasteiger partial charge in [0.2, 0.25) is 15.9 Å². The molecule has 0 saturated carbocycles. The van der Waals surface area contributed by atoms with Crippen molar-refractivity contribution in [1.29, 1.82) is 0 Å². The topological polar surface area (TPSA) is 86.8 Å². The number of rotatable bonds is 5. The third-order valence-electron chi connectivity index (χ3n) is 4.62. The van der Waals surface area contributed by atoms with Gasteiger partial charge in [0.05, 0.1) is 4.90 Å². The molecule has 2 aromatic carbocycles. The lowest BCUT2D eigenvalue weighted by Gasteiger charge is -2.34. The smallest absolute Gasteiger partial charge is 0.254 e. The van der Waals surface area contributed by atoms with Crippen LogP contribution in [0.4, 0.5) is 5.69 Å². The summed E-state index contributed by atoms with van der Waals surface area (Å²) in [7, 11) is -3.55. The van der Waals surface area contributed by atoms with Gasteiger partial charge in [0, 0.05) is 43.9 Å². The van der Waals surface area contributed by atoms with Crippen molar-refractivity contribution >= 4 is 27.5 Å². The summed E-state index contributed by atoms with van der Waals surface area (Å²) in [5, 5.41) is 2.74. The number of hydrogen-bond acceptors (Lipinski definition) is 4. The highest BCUT2D eigenvalue weighted by atomic mass is 32.2. The minimum atomic E-state index is -3.55. The van der Waals surface area contributed by atoms with Crippen LogP contribution in [0.25, 0.3) is 0 Å². The second-order valence-corrected chi connectivity index (χ2v) is 8.43. The number of benzene rings is 2. The van der Waals surface area contributed by atoms with E-state index in [1.54, 1.807) is 66.4 Å². The zero-order valence-corrected chi connectivity index (χ0v) is 16.5. The molecule has 28 heavy (non-hydrogen) atoms. The van der Waals surface area contributed by atoms with Gasteiger partial charge in [-0.05, 0) is 30.3 Å². The summed E-state index contributed by atoms with van der Waals surface area (Å²) in [6.45, 7) is 2.88. The van der Waals surface area contributed by atoms with Crippen LogP contribution in [0.2, 0.25) is 0 Å². The van der Waals surface area contributed by atoms with Crippen LogP contribution in [-0.2, 0) is 14.8 Å². The summed E-state index contributed by atoms with van der Waals surface area (Å²) in [6, 6.07) is 15.1. The number of nitrogens with one attached hydrogen (secondary N) is 1. The quantitative estimate of drug-likeness (QED) is 0.832. The second kappa shape index (κ2) is 8.53. The van der Waals surface area contributed by atoms with Gasteiger partial charge in [-0.2, -0.15) is 4.31 Å². The number of piperazine rings is 1. The van der Waals surface area contributed by atoms with Crippen LogP contribution in [0.1, 0.15) is 23.7 Å². The van der Waals surface area contributed by atoms with E-state index in [2.05, 4.69) is 5.32 Å². The van der Waals surface area contributed by atoms with Gasteiger partial charge in [0.25, 0.3) is 5.91 Å². The fraction of sp³-hybridized carbons (Fsp3) is 0.300. The Kier molecular flexibility index (Phi) is 6.11. The van der Waals surface area contributed by atoms with E-state index in [1.165, 1.54) is 4.31 Å². The zero-order valence-electron chi connectivity index (χ0n) is 15.7. The number of anilines is 1. The van der Waals surface area contributed by atoms with Crippen LogP contribution < -0.4 is 5.32 Å². The third-order valence-corrected chi connectivity index (χ3v) is 6.53. The Morgan fingerprint density at radius 1 is 0.964 bits per heavy atom. The largest absolute Gasteiger partial charge is 0.336 e. The van der Waals surface area contributed by atoms with Crippen LogP contribution in [0.15, 0.2) is 59.5 Å². The van der Waals surface area contributed by atoms with E-state index in [1.807, 2.05) is 0 Å². The number of carbonyl (C=O) groups excluding carboxylic acids is 2. The summed E-state index contributed by atoms with van der Waals surface area (Å²) in [6.07, 6.45) is 0.357. The molecule has 2 aromatic rings. The molecule has 0 spiro atoms. The van der Waals surface area contributed by atoms with Gasteiger partial charge >= 0.3 is 0 Å². The van der Waals surface area contributed by atoms with Gasteiger partial charge in [-0.1, -0.05) is 31.2 Å². The molecule has 0 radical (unpaired) electrons. The second-order valence-electron chi connectivity index (χ2n) is 6.49. The lowest BCUT2D eigenvalue weighted by molar-refractivity contribution is -0.115. The van der Waals surface area contributed by atoms with Crippen molar-refractivity contribution in [1.82, 2.24) is 9.21 Å². The van der Waals surface area contributed by atoms with E-state index >= 15 is 0 Å². The molecule has 7 nitrogen and oxygen atoms in total. The average molecular weight is 401 g/mol. The molecule has 1 aliphatic heterocycles. The van der Waals surface area contributed by atoms with Crippen LogP contribution in [0.3, 0.4) is 0 Å². The first-order valence-corrected chi connectivity index (χ1v) is 10.6. The van der Waals surface area contributed by atoms with E-state index in [9.17, 15) is 18.0 Å². The van der Waals surface area contributed by atoms with Crippen molar-refractivity contribution in [3.8, 4) is 0 Å². The predicted molar refractivity (Wildman–Crippen MR) is 106 cm³/mol. The Labute approximate surface area is 165 Å². The van der Waals surface area contributed by atoms with E-state index in [4.69, 9.17) is 0 Å². The predicted octanol–water partition coefficient (Wildman–Crippen LogP) is 2.18. The fourth-order valence-corrected chi connectivity index (χ4v) is 4.48. The Morgan fingerprint density at radius 2 is 1.64 bits per heavy atom. The Bertz CT molecular complexity index is 952. The number of nitrogens with zero attached hydrogens (tertiary/aromatic N) is 2. The Morgan fingerprint density at radius 3 is 2.29 bits per heavy atom. The molecular formula is C20H23N3O4S. The monoisotopic (exact) mass is 401 g/mol. The van der Waals surface area contributed by atoms with E-state index < -0.39 is 10.0 Å². The zero-order chi connectivity index (χ0) is 20.1. The molecule has 1 N–H and O–H groups in total. The summed E-state index contributed by atoms with van der Waals surface area (Å²) < 4.78 is 26.8. The Hall–Kier alpha value is -2.71. The van der Waals surface area contributed by atoms with Gasteiger partial charge in [-0.25, -0.2) is 8.42 Å². The minimum Gasteiger partial charge on any atom is -0.336 e. The molecule has 1 fully saturated rings. The lowest BCUT2D eigenvalue weighted by atomic mass is 10.1. The summed E-state index contributed by atoms with van der Waals surface area (Å²) in [5.74, 6) is -0.298. The van der Waals surface area contributed by atoms with Gasteiger partial charge in [-0.15, -0.1) is 0 Å². The normalized spacial score (nSPS) is 15.2. The molecule has 148 valence electrons. The van der Waals surface area contributed by atoms with Crippen molar-refractivity contribution < 1.29 is 18.0 Å². The summed E-state index contributed by atoms with van der Waals surface area (Å²) in [5.41, 5.74) is 1.04. The molecule has 0 bridgehead atoms. The Balaban J connectivity index is 1.66. The molecule has 1 saturated heterocycles. The van der Waals surface area contributed by atoms with Crippen molar-refractivity contribution in [2.75, 3.05) is 31.5 Å². The van der Waals surface area contributed by atoms with Crippen molar-refractivity contribution in [3.63, 3.8) is 0 Å². The molecule has 8 heteroatoms. The molecule has 0 aliphatic carbocycles. The maximum absolute atomic E-state index is 12.8. The van der Waals surface area contributed by atoms with E-state index in [-0.39, 0.29) is 29.8 Å². The number of carbonyl (C=O) groups is 2. The van der Waals surface area contributed by atoms with Gasteiger partial charge in [0.15, 0.2) is 0 Å². The molecular weight excluding hydrogens is 378 g/mol. The summed E-state index contributed by atoms with van der Waals surface area (Å²) in [4.78, 5) is 26.2. The first kappa shape index (κ1) is 20.0.